The lowest BCUT2D eigenvalue weighted by Gasteiger charge is -2.17. The molecule has 0 aliphatic carbocycles. The van der Waals surface area contributed by atoms with E-state index in [0.717, 1.165) is 11.3 Å². The number of hydrogen-bond donors (Lipinski definition) is 4. The number of amides is 3. The van der Waals surface area contributed by atoms with Gasteiger partial charge in [-0.3, -0.25) is 4.79 Å². The Kier molecular flexibility index (Phi) is 5.96. The summed E-state index contributed by atoms with van der Waals surface area (Å²) < 4.78 is 0. The molecule has 0 aromatic heterocycles. The van der Waals surface area contributed by atoms with Gasteiger partial charge in [0.2, 0.25) is 5.91 Å². The zero-order valence-electron chi connectivity index (χ0n) is 13.2. The normalized spacial score (nSPS) is 11.2. The van der Waals surface area contributed by atoms with Crippen molar-refractivity contribution in [2.75, 3.05) is 17.2 Å². The second-order valence-electron chi connectivity index (χ2n) is 5.09. The van der Waals surface area contributed by atoms with Crippen LogP contribution in [0.3, 0.4) is 0 Å². The van der Waals surface area contributed by atoms with E-state index in [1.165, 1.54) is 0 Å². The molecule has 1 unspecified atom stereocenters. The molecule has 1 atom stereocenters. The van der Waals surface area contributed by atoms with Crippen molar-refractivity contribution in [3.05, 3.63) is 72.8 Å². The van der Waals surface area contributed by atoms with Crippen LogP contribution in [0.2, 0.25) is 0 Å². The topological polar surface area (TPSA) is 96.2 Å². The van der Waals surface area contributed by atoms with Crippen molar-refractivity contribution in [1.29, 1.82) is 0 Å². The molecule has 6 nitrogen and oxygen atoms in total. The molecule has 2 rings (SSSR count). The van der Waals surface area contributed by atoms with Gasteiger partial charge >= 0.3 is 6.03 Å². The largest absolute Gasteiger partial charge is 0.370 e. The number of nitrogens with one attached hydrogen (secondary N) is 3. The predicted molar refractivity (Wildman–Crippen MR) is 95.7 cm³/mol. The minimum absolute atomic E-state index is 0.310. The maximum Gasteiger partial charge on any atom is 0.319 e. The van der Waals surface area contributed by atoms with Crippen LogP contribution in [0.15, 0.2) is 67.3 Å². The lowest BCUT2D eigenvalue weighted by Crippen LogP contribution is -2.28. The maximum absolute atomic E-state index is 11.7. The Morgan fingerprint density at radius 1 is 1.04 bits per heavy atom. The third-order valence-electron chi connectivity index (χ3n) is 3.28. The van der Waals surface area contributed by atoms with Gasteiger partial charge in [-0.2, -0.15) is 0 Å². The van der Waals surface area contributed by atoms with Crippen LogP contribution in [0.4, 0.5) is 16.2 Å². The van der Waals surface area contributed by atoms with Gasteiger partial charge in [0.25, 0.3) is 0 Å². The van der Waals surface area contributed by atoms with Gasteiger partial charge in [0.1, 0.15) is 6.04 Å². The average molecular weight is 324 g/mol. The van der Waals surface area contributed by atoms with Gasteiger partial charge < -0.3 is 21.7 Å². The third-order valence-corrected chi connectivity index (χ3v) is 3.28. The summed E-state index contributed by atoms with van der Waals surface area (Å²) in [6.45, 7) is 3.92. The zero-order valence-corrected chi connectivity index (χ0v) is 13.2. The maximum atomic E-state index is 11.7. The molecule has 2 aromatic carbocycles. The van der Waals surface area contributed by atoms with Gasteiger partial charge in [-0.05, 0) is 29.8 Å². The first kappa shape index (κ1) is 17.1. The number of carbonyl (C=O) groups excluding carboxylic acids is 2. The van der Waals surface area contributed by atoms with E-state index in [2.05, 4.69) is 22.5 Å². The summed E-state index contributed by atoms with van der Waals surface area (Å²) in [5.74, 6) is -0.466. The van der Waals surface area contributed by atoms with Crippen LogP contribution in [0.25, 0.3) is 0 Å². The first-order chi connectivity index (χ1) is 11.6. The number of primary amides is 1. The van der Waals surface area contributed by atoms with Crippen molar-refractivity contribution in [1.82, 2.24) is 5.32 Å². The van der Waals surface area contributed by atoms with Gasteiger partial charge in [0, 0.05) is 17.9 Å². The fraction of sp³-hybridized carbons (Fsp3) is 0.111. The average Bonchev–Trinajstić information content (AvgIpc) is 2.59. The molecule has 0 aliphatic rings. The third kappa shape index (κ3) is 4.88. The monoisotopic (exact) mass is 324 g/mol. The lowest BCUT2D eigenvalue weighted by atomic mass is 10.1. The SMILES string of the molecule is C=CCNC(=O)Nc1ccc(NC(C(N)=O)c2ccccc2)cc1. The highest BCUT2D eigenvalue weighted by Crippen LogP contribution is 2.21. The highest BCUT2D eigenvalue weighted by Gasteiger charge is 2.17. The summed E-state index contributed by atoms with van der Waals surface area (Å²) >= 11 is 0. The van der Waals surface area contributed by atoms with Crippen molar-refractivity contribution >= 4 is 23.3 Å². The number of hydrogen-bond acceptors (Lipinski definition) is 3. The fourth-order valence-electron chi connectivity index (χ4n) is 2.12. The van der Waals surface area contributed by atoms with E-state index >= 15 is 0 Å². The van der Waals surface area contributed by atoms with Crippen LogP contribution in [0.5, 0.6) is 0 Å². The van der Waals surface area contributed by atoms with Crippen LogP contribution in [0.1, 0.15) is 11.6 Å². The summed E-state index contributed by atoms with van der Waals surface area (Å²) in [7, 11) is 0. The van der Waals surface area contributed by atoms with Crippen molar-refractivity contribution < 1.29 is 9.59 Å². The fourth-order valence-corrected chi connectivity index (χ4v) is 2.12. The van der Waals surface area contributed by atoms with Crippen molar-refractivity contribution in [2.45, 2.75) is 6.04 Å². The second kappa shape index (κ2) is 8.38. The molecule has 0 heterocycles. The molecule has 0 bridgehead atoms. The highest BCUT2D eigenvalue weighted by atomic mass is 16.2. The molecule has 6 heteroatoms. The van der Waals surface area contributed by atoms with Gasteiger partial charge in [0.05, 0.1) is 0 Å². The van der Waals surface area contributed by atoms with E-state index < -0.39 is 11.9 Å². The summed E-state index contributed by atoms with van der Waals surface area (Å²) in [5.41, 5.74) is 7.63. The molecule has 124 valence electrons. The van der Waals surface area contributed by atoms with E-state index in [-0.39, 0.29) is 6.03 Å². The molecular weight excluding hydrogens is 304 g/mol. The molecule has 0 saturated heterocycles. The van der Waals surface area contributed by atoms with E-state index in [4.69, 9.17) is 5.73 Å². The second-order valence-corrected chi connectivity index (χ2v) is 5.09. The van der Waals surface area contributed by atoms with Crippen LogP contribution in [0, 0.1) is 0 Å². The number of benzene rings is 2. The highest BCUT2D eigenvalue weighted by molar-refractivity contribution is 5.89. The molecule has 0 spiro atoms. The Labute approximate surface area is 140 Å². The first-order valence-corrected chi connectivity index (χ1v) is 7.47. The summed E-state index contributed by atoms with van der Waals surface area (Å²) in [6.07, 6.45) is 1.60. The van der Waals surface area contributed by atoms with Gasteiger partial charge in [0.15, 0.2) is 0 Å². The van der Waals surface area contributed by atoms with Crippen LogP contribution in [-0.2, 0) is 4.79 Å². The standard InChI is InChI=1S/C18H20N4O2/c1-2-12-20-18(24)22-15-10-8-14(9-11-15)21-16(17(19)23)13-6-4-3-5-7-13/h2-11,16,21H,1,12H2,(H2,19,23)(H2,20,22,24). The van der Waals surface area contributed by atoms with Gasteiger partial charge in [-0.1, -0.05) is 36.4 Å². The molecule has 0 aliphatic heterocycles. The van der Waals surface area contributed by atoms with Crippen molar-refractivity contribution in [2.24, 2.45) is 5.73 Å². The minimum Gasteiger partial charge on any atom is -0.370 e. The number of urea groups is 1. The lowest BCUT2D eigenvalue weighted by molar-refractivity contribution is -0.118. The first-order valence-electron chi connectivity index (χ1n) is 7.47. The van der Waals surface area contributed by atoms with Gasteiger partial charge in [-0.15, -0.1) is 6.58 Å². The smallest absolute Gasteiger partial charge is 0.319 e. The molecule has 0 saturated carbocycles. The molecule has 2 aromatic rings. The molecule has 0 radical (unpaired) electrons. The van der Waals surface area contributed by atoms with E-state index in [1.807, 2.05) is 30.3 Å². The van der Waals surface area contributed by atoms with E-state index in [0.29, 0.717) is 12.2 Å². The van der Waals surface area contributed by atoms with Crippen LogP contribution < -0.4 is 21.7 Å². The van der Waals surface area contributed by atoms with Crippen molar-refractivity contribution in [3.8, 4) is 0 Å². The molecule has 0 fully saturated rings. The number of anilines is 2. The van der Waals surface area contributed by atoms with Crippen molar-refractivity contribution in [3.63, 3.8) is 0 Å². The quantitative estimate of drug-likeness (QED) is 0.590. The Morgan fingerprint density at radius 3 is 2.25 bits per heavy atom. The summed E-state index contributed by atoms with van der Waals surface area (Å²) in [4.78, 5) is 23.3. The molecule has 5 N–H and O–H groups in total. The number of carbonyl (C=O) groups is 2. The predicted octanol–water partition coefficient (Wildman–Crippen LogP) is 2.63. The molecular formula is C18H20N4O2. The Hall–Kier alpha value is -3.28. The Bertz CT molecular complexity index is 699. The Morgan fingerprint density at radius 2 is 1.67 bits per heavy atom. The summed E-state index contributed by atoms with van der Waals surface area (Å²) in [6, 6.07) is 15.3. The van der Waals surface area contributed by atoms with Crippen LogP contribution >= 0.6 is 0 Å². The Balaban J connectivity index is 2.03. The molecule has 24 heavy (non-hydrogen) atoms. The van der Waals surface area contributed by atoms with E-state index in [1.54, 1.807) is 30.3 Å². The van der Waals surface area contributed by atoms with Gasteiger partial charge in [-0.25, -0.2) is 4.79 Å². The van der Waals surface area contributed by atoms with Crippen LogP contribution in [-0.4, -0.2) is 18.5 Å². The minimum atomic E-state index is -0.624. The zero-order chi connectivity index (χ0) is 17.4. The molecule has 3 amide bonds. The summed E-state index contributed by atoms with van der Waals surface area (Å²) in [5, 5.41) is 8.41. The number of nitrogens with two attached hydrogens (primary N) is 1. The number of rotatable bonds is 7. The van der Waals surface area contributed by atoms with E-state index in [9.17, 15) is 9.59 Å².